The van der Waals surface area contributed by atoms with Crippen molar-refractivity contribution in [3.8, 4) is 11.3 Å². The zero-order valence-corrected chi connectivity index (χ0v) is 42.8. The van der Waals surface area contributed by atoms with Gasteiger partial charge in [-0.05, 0) is 88.3 Å². The molecule has 7 aromatic carbocycles. The van der Waals surface area contributed by atoms with Crippen LogP contribution in [0.3, 0.4) is 0 Å². The fraction of sp³-hybridized carbons (Fsp3) is 0.0370. The van der Waals surface area contributed by atoms with Gasteiger partial charge in [-0.1, -0.05) is 173 Å². The molecule has 0 atom stereocenters. The normalized spacial score (nSPS) is 10.1. The maximum atomic E-state index is 9.00. The number of aliphatic carboxylic acids is 2. The zero-order chi connectivity index (χ0) is 48.3. The molecule has 0 aliphatic rings. The van der Waals surface area contributed by atoms with Crippen LogP contribution in [-0.4, -0.2) is 51.3 Å². The Bertz CT molecular complexity index is 3230. The van der Waals surface area contributed by atoms with Crippen LogP contribution in [0, 0.1) is 0 Å². The molecule has 0 radical (unpaired) electrons. The van der Waals surface area contributed by atoms with E-state index in [0.717, 1.165) is 40.9 Å². The Morgan fingerprint density at radius 2 is 0.957 bits per heavy atom. The minimum Gasteiger partial charge on any atom is -0.481 e. The Morgan fingerprint density at radius 1 is 0.522 bits per heavy atom. The number of carboxylic acids is 2. The standard InChI is InChI=1S/C18H15P.C16H10ClN3.C10H7Br.C6H4ClN3.2C2H4O2.Pd/c1-4-10-16(11-5-1)19(17-12-6-2-7-13-17)18-14-8-3-9-15-18;17-15-8-9-16-18-10-14(20(16)19-15)13-7-3-5-11-4-1-2-6-12(11)13;11-10-7-3-5-8-4-1-2-6-9(8)10;7-5-1-2-6-8-3-4-10(6)9-5;2*1-2(3)4;/h1-15H;1-10H;1-7H;1-4H;2*1H3,(H,3,4);/p+1. The summed E-state index contributed by atoms with van der Waals surface area (Å²) in [7, 11) is -0.877. The molecule has 4 heterocycles. The summed E-state index contributed by atoms with van der Waals surface area (Å²) in [5.74, 6) is -1.67. The van der Waals surface area contributed by atoms with Crippen LogP contribution in [0.15, 0.2) is 223 Å². The van der Waals surface area contributed by atoms with Gasteiger partial charge in [0.2, 0.25) is 0 Å². The van der Waals surface area contributed by atoms with Crippen LogP contribution in [0.25, 0.3) is 44.1 Å². The fourth-order valence-electron chi connectivity index (χ4n) is 6.78. The molecule has 350 valence electrons. The second kappa shape index (κ2) is 27.4. The summed E-state index contributed by atoms with van der Waals surface area (Å²) in [5.41, 5.74) is 3.64. The van der Waals surface area contributed by atoms with Crippen LogP contribution < -0.4 is 15.9 Å². The summed E-state index contributed by atoms with van der Waals surface area (Å²) in [6, 6.07) is 68.7. The van der Waals surface area contributed by atoms with Crippen molar-refractivity contribution in [1.29, 1.82) is 0 Å². The van der Waals surface area contributed by atoms with Crippen molar-refractivity contribution in [3.63, 3.8) is 0 Å². The summed E-state index contributed by atoms with van der Waals surface area (Å²) >= 11 is 15.1. The van der Waals surface area contributed by atoms with Crippen LogP contribution in [0.1, 0.15) is 13.8 Å². The van der Waals surface area contributed by atoms with Crippen LogP contribution in [0.2, 0.25) is 10.3 Å². The van der Waals surface area contributed by atoms with Gasteiger partial charge >= 0.3 is 0 Å². The fourth-order valence-corrected chi connectivity index (χ4v) is 10.1. The number of aromatic nitrogens is 6. The minimum absolute atomic E-state index is 0. The van der Waals surface area contributed by atoms with E-state index in [1.807, 2.05) is 48.7 Å². The summed E-state index contributed by atoms with van der Waals surface area (Å²) < 4.78 is 4.57. The second-order valence-electron chi connectivity index (χ2n) is 14.5. The molecule has 0 unspecified atom stereocenters. The molecule has 69 heavy (non-hydrogen) atoms. The van der Waals surface area contributed by atoms with Crippen molar-refractivity contribution in [1.82, 2.24) is 29.2 Å². The number of benzene rings is 7. The van der Waals surface area contributed by atoms with Gasteiger partial charge < -0.3 is 10.2 Å². The molecule has 0 amide bonds. The van der Waals surface area contributed by atoms with E-state index in [0.29, 0.717) is 10.3 Å². The van der Waals surface area contributed by atoms with E-state index < -0.39 is 19.9 Å². The molecule has 0 aliphatic carbocycles. The third kappa shape index (κ3) is 16.0. The van der Waals surface area contributed by atoms with Gasteiger partial charge in [-0.25, -0.2) is 19.0 Å². The van der Waals surface area contributed by atoms with Crippen molar-refractivity contribution in [3.05, 3.63) is 234 Å². The number of rotatable bonds is 4. The molecule has 0 saturated carbocycles. The van der Waals surface area contributed by atoms with E-state index in [1.165, 1.54) is 37.5 Å². The van der Waals surface area contributed by atoms with E-state index in [9.17, 15) is 0 Å². The molecule has 0 aliphatic heterocycles. The molecule has 2 N–H and O–H groups in total. The Morgan fingerprint density at radius 3 is 1.49 bits per heavy atom. The molecule has 4 aromatic heterocycles. The van der Waals surface area contributed by atoms with Crippen molar-refractivity contribution in [2.75, 3.05) is 0 Å². The van der Waals surface area contributed by atoms with Gasteiger partial charge in [0, 0.05) is 56.7 Å². The van der Waals surface area contributed by atoms with Crippen molar-refractivity contribution < 1.29 is 40.2 Å². The Labute approximate surface area is 432 Å². The van der Waals surface area contributed by atoms with Gasteiger partial charge in [0.25, 0.3) is 11.9 Å². The number of imidazole rings is 2. The number of carboxylic acid groups (broad SMARTS) is 2. The number of hydrogen-bond acceptors (Lipinski definition) is 6. The van der Waals surface area contributed by atoms with E-state index in [4.69, 9.17) is 43.0 Å². The SMILES string of the molecule is Brc1cccc2ccccc12.CC(=O)O.CC(=O)O.Clc1ccc2ncc(-c3cccc4ccccc34)n2n1.Clc1ccc2nccn2n1.[Pd].c1ccc([PH+](c2ccccc2)c2ccccc2)cc1. The summed E-state index contributed by atoms with van der Waals surface area (Å²) in [4.78, 5) is 26.4. The van der Waals surface area contributed by atoms with Crippen LogP contribution in [0.5, 0.6) is 0 Å². The third-order valence-electron chi connectivity index (χ3n) is 9.54. The van der Waals surface area contributed by atoms with Crippen LogP contribution in [-0.2, 0) is 30.0 Å². The quantitative estimate of drug-likeness (QED) is 0.131. The molecular weight excluding hydrogens is 1080 g/mol. The molecule has 10 nitrogen and oxygen atoms in total. The van der Waals surface area contributed by atoms with Gasteiger partial charge in [-0.2, -0.15) is 10.2 Å². The van der Waals surface area contributed by atoms with E-state index >= 15 is 0 Å². The molecule has 11 rings (SSSR count). The van der Waals surface area contributed by atoms with Crippen molar-refractivity contribution in [2.24, 2.45) is 0 Å². The smallest absolute Gasteiger partial charge is 0.300 e. The molecular formula is C54H45BrCl2N6O4PPd+. The number of nitrogens with zero attached hydrogens (tertiary/aromatic N) is 6. The van der Waals surface area contributed by atoms with E-state index in [2.05, 4.69) is 182 Å². The van der Waals surface area contributed by atoms with Gasteiger partial charge in [-0.3, -0.25) is 9.59 Å². The molecule has 0 saturated heterocycles. The number of hydrogen-bond donors (Lipinski definition) is 2. The Balaban J connectivity index is 0.000000167. The average Bonchev–Trinajstić information content (AvgIpc) is 4.00. The predicted octanol–water partition coefficient (Wildman–Crippen LogP) is 12.5. The molecule has 15 heteroatoms. The summed E-state index contributed by atoms with van der Waals surface area (Å²) in [6.07, 6.45) is 5.26. The maximum absolute atomic E-state index is 9.00. The topological polar surface area (TPSA) is 135 Å². The monoisotopic (exact) mass is 1130 g/mol. The van der Waals surface area contributed by atoms with E-state index in [-0.39, 0.29) is 20.4 Å². The van der Waals surface area contributed by atoms with Gasteiger partial charge in [-0.15, -0.1) is 0 Å². The summed E-state index contributed by atoms with van der Waals surface area (Å²) in [5, 5.41) is 33.3. The molecule has 0 spiro atoms. The van der Waals surface area contributed by atoms with E-state index in [1.54, 1.807) is 33.6 Å². The first-order valence-electron chi connectivity index (χ1n) is 21.0. The third-order valence-corrected chi connectivity index (χ3v) is 13.4. The minimum atomic E-state index is -0.877. The Hall–Kier alpha value is -6.61. The first-order chi connectivity index (χ1) is 33.0. The predicted molar refractivity (Wildman–Crippen MR) is 284 cm³/mol. The number of halogens is 3. The van der Waals surface area contributed by atoms with Crippen molar-refractivity contribution in [2.45, 2.75) is 13.8 Å². The maximum Gasteiger partial charge on any atom is 0.300 e. The number of carbonyl (C=O) groups is 2. The zero-order valence-electron chi connectivity index (χ0n) is 37.1. The summed E-state index contributed by atoms with van der Waals surface area (Å²) in [6.45, 7) is 2.17. The second-order valence-corrected chi connectivity index (χ2v) is 18.6. The molecule has 11 aromatic rings. The van der Waals surface area contributed by atoms with Crippen molar-refractivity contribution >= 4 is 108 Å². The van der Waals surface area contributed by atoms with Crippen LogP contribution >= 0.6 is 47.1 Å². The molecule has 0 fully saturated rings. The number of fused-ring (bicyclic) bond motifs is 4. The molecule has 0 bridgehead atoms. The first-order valence-corrected chi connectivity index (χ1v) is 24.0. The van der Waals surface area contributed by atoms with Gasteiger partial charge in [0.05, 0.1) is 19.8 Å². The van der Waals surface area contributed by atoms with Gasteiger partial charge in [0.1, 0.15) is 26.2 Å². The average molecular weight is 1130 g/mol. The largest absolute Gasteiger partial charge is 0.481 e. The first kappa shape index (κ1) is 53.3. The van der Waals surface area contributed by atoms with Crippen LogP contribution in [0.4, 0.5) is 0 Å². The van der Waals surface area contributed by atoms with Gasteiger partial charge in [0.15, 0.2) is 11.3 Å². The Kier molecular flexibility index (Phi) is 21.2.